The molecule has 1 aromatic rings. The summed E-state index contributed by atoms with van der Waals surface area (Å²) in [5.74, 6) is -0.585. The number of hydrogen-bond acceptors (Lipinski definition) is 3. The number of nitrogens with zero attached hydrogens (tertiary/aromatic N) is 2. The van der Waals surface area contributed by atoms with Gasteiger partial charge in [0.05, 0.1) is 6.54 Å². The molecule has 0 spiro atoms. The number of halogens is 1. The zero-order valence-corrected chi connectivity index (χ0v) is 13.3. The van der Waals surface area contributed by atoms with Crippen molar-refractivity contribution in [2.75, 3.05) is 39.3 Å². The van der Waals surface area contributed by atoms with Gasteiger partial charge in [-0.3, -0.25) is 14.5 Å². The van der Waals surface area contributed by atoms with Crippen molar-refractivity contribution < 1.29 is 14.0 Å². The number of amides is 2. The maximum absolute atomic E-state index is 13.6. The van der Waals surface area contributed by atoms with Crippen LogP contribution >= 0.6 is 0 Å². The van der Waals surface area contributed by atoms with Gasteiger partial charge in [0, 0.05) is 38.3 Å². The zero-order chi connectivity index (χ0) is 16.8. The predicted molar refractivity (Wildman–Crippen MR) is 86.7 cm³/mol. The lowest BCUT2D eigenvalue weighted by molar-refractivity contribution is -0.122. The van der Waals surface area contributed by atoms with Gasteiger partial charge in [0.2, 0.25) is 5.91 Å². The minimum atomic E-state index is -0.367. The Labute approximate surface area is 135 Å². The zero-order valence-electron chi connectivity index (χ0n) is 13.3. The van der Waals surface area contributed by atoms with E-state index < -0.39 is 0 Å². The molecule has 0 radical (unpaired) electrons. The van der Waals surface area contributed by atoms with E-state index >= 15 is 0 Å². The molecule has 0 aliphatic carbocycles. The van der Waals surface area contributed by atoms with Crippen LogP contribution in [0.1, 0.15) is 15.9 Å². The monoisotopic (exact) mass is 319 g/mol. The van der Waals surface area contributed by atoms with Crippen molar-refractivity contribution in [2.45, 2.75) is 6.92 Å². The van der Waals surface area contributed by atoms with Crippen molar-refractivity contribution in [2.24, 2.45) is 0 Å². The van der Waals surface area contributed by atoms with Crippen molar-refractivity contribution in [3.8, 4) is 0 Å². The summed E-state index contributed by atoms with van der Waals surface area (Å²) in [4.78, 5) is 27.7. The van der Waals surface area contributed by atoms with Crippen molar-refractivity contribution in [3.63, 3.8) is 0 Å². The fourth-order valence-corrected chi connectivity index (χ4v) is 2.46. The topological polar surface area (TPSA) is 52.7 Å². The van der Waals surface area contributed by atoms with Crippen LogP contribution in [0.2, 0.25) is 0 Å². The Morgan fingerprint density at radius 2 is 2.00 bits per heavy atom. The van der Waals surface area contributed by atoms with Gasteiger partial charge in [-0.15, -0.1) is 6.58 Å². The first-order chi connectivity index (χ1) is 11.0. The number of rotatable bonds is 5. The third-order valence-corrected chi connectivity index (χ3v) is 3.89. The number of hydrogen-bond donors (Lipinski definition) is 1. The molecule has 2 rings (SSSR count). The lowest BCUT2D eigenvalue weighted by Crippen LogP contribution is -2.51. The largest absolute Gasteiger partial charge is 0.352 e. The van der Waals surface area contributed by atoms with Crippen LogP contribution in [-0.4, -0.2) is 60.9 Å². The number of piperazine rings is 1. The molecule has 1 fully saturated rings. The Bertz CT molecular complexity index is 596. The van der Waals surface area contributed by atoms with Crippen molar-refractivity contribution in [3.05, 3.63) is 47.8 Å². The second-order valence-electron chi connectivity index (χ2n) is 5.63. The molecule has 1 N–H and O–H groups in total. The normalized spacial score (nSPS) is 15.3. The Morgan fingerprint density at radius 3 is 2.61 bits per heavy atom. The van der Waals surface area contributed by atoms with Crippen LogP contribution in [0.4, 0.5) is 4.39 Å². The summed E-state index contributed by atoms with van der Waals surface area (Å²) in [6.07, 6.45) is 1.63. The molecule has 6 heteroatoms. The number of carbonyl (C=O) groups excluding carboxylic acids is 2. The third-order valence-electron chi connectivity index (χ3n) is 3.89. The van der Waals surface area contributed by atoms with E-state index in [0.29, 0.717) is 50.4 Å². The summed E-state index contributed by atoms with van der Waals surface area (Å²) in [6.45, 7) is 8.30. The summed E-state index contributed by atoms with van der Waals surface area (Å²) in [5, 5.41) is 2.73. The average molecular weight is 319 g/mol. The van der Waals surface area contributed by atoms with Crippen molar-refractivity contribution in [1.29, 1.82) is 0 Å². The van der Waals surface area contributed by atoms with Crippen LogP contribution in [0.3, 0.4) is 0 Å². The first kappa shape index (κ1) is 17.1. The third kappa shape index (κ3) is 4.63. The molecule has 5 nitrogen and oxygen atoms in total. The first-order valence-corrected chi connectivity index (χ1v) is 7.66. The van der Waals surface area contributed by atoms with Gasteiger partial charge >= 0.3 is 0 Å². The highest BCUT2D eigenvalue weighted by atomic mass is 19.1. The Balaban J connectivity index is 1.86. The Kier molecular flexibility index (Phi) is 5.87. The summed E-state index contributed by atoms with van der Waals surface area (Å²) in [6, 6.07) is 4.55. The molecular weight excluding hydrogens is 297 g/mol. The molecule has 124 valence electrons. The van der Waals surface area contributed by atoms with E-state index in [9.17, 15) is 14.0 Å². The van der Waals surface area contributed by atoms with E-state index in [-0.39, 0.29) is 17.6 Å². The molecule has 1 saturated heterocycles. The van der Waals surface area contributed by atoms with Gasteiger partial charge in [-0.05, 0) is 24.6 Å². The van der Waals surface area contributed by atoms with Crippen LogP contribution in [0.5, 0.6) is 0 Å². The van der Waals surface area contributed by atoms with E-state index in [2.05, 4.69) is 11.9 Å². The minimum absolute atomic E-state index is 0.0507. The van der Waals surface area contributed by atoms with Gasteiger partial charge in [0.1, 0.15) is 5.82 Å². The molecule has 0 bridgehead atoms. The SMILES string of the molecule is C=CCNC(=O)CN1CCN(C(=O)c2ccc(C)c(F)c2)CC1. The standard InChI is InChI=1S/C17H22FN3O2/c1-3-6-19-16(22)12-20-7-9-21(10-8-20)17(23)14-5-4-13(2)15(18)11-14/h3-5,11H,1,6-10,12H2,2H3,(H,19,22). The van der Waals surface area contributed by atoms with Crippen LogP contribution in [-0.2, 0) is 4.79 Å². The number of nitrogens with one attached hydrogen (secondary N) is 1. The van der Waals surface area contributed by atoms with Gasteiger partial charge in [-0.25, -0.2) is 4.39 Å². The van der Waals surface area contributed by atoms with Gasteiger partial charge in [0.25, 0.3) is 5.91 Å². The smallest absolute Gasteiger partial charge is 0.254 e. The van der Waals surface area contributed by atoms with Crippen molar-refractivity contribution >= 4 is 11.8 Å². The summed E-state index contributed by atoms with van der Waals surface area (Å²) >= 11 is 0. The van der Waals surface area contributed by atoms with Crippen LogP contribution < -0.4 is 5.32 Å². The highest BCUT2D eigenvalue weighted by Crippen LogP contribution is 2.13. The quantitative estimate of drug-likeness (QED) is 0.830. The van der Waals surface area contributed by atoms with Crippen LogP contribution in [0, 0.1) is 12.7 Å². The molecule has 1 heterocycles. The fourth-order valence-electron chi connectivity index (χ4n) is 2.46. The van der Waals surface area contributed by atoms with Crippen LogP contribution in [0.25, 0.3) is 0 Å². The molecule has 0 unspecified atom stereocenters. The average Bonchev–Trinajstić information content (AvgIpc) is 2.55. The molecule has 23 heavy (non-hydrogen) atoms. The van der Waals surface area contributed by atoms with E-state index in [4.69, 9.17) is 0 Å². The fraction of sp³-hybridized carbons (Fsp3) is 0.412. The molecule has 2 amide bonds. The van der Waals surface area contributed by atoms with E-state index in [0.717, 1.165) is 0 Å². The number of aryl methyl sites for hydroxylation is 1. The Hall–Kier alpha value is -2.21. The molecule has 1 aliphatic rings. The molecule has 0 aromatic heterocycles. The maximum atomic E-state index is 13.6. The van der Waals surface area contributed by atoms with Gasteiger partial charge in [-0.1, -0.05) is 12.1 Å². The maximum Gasteiger partial charge on any atom is 0.254 e. The molecular formula is C17H22FN3O2. The summed E-state index contributed by atoms with van der Waals surface area (Å²) in [7, 11) is 0. The Morgan fingerprint density at radius 1 is 1.30 bits per heavy atom. The summed E-state index contributed by atoms with van der Waals surface area (Å²) < 4.78 is 13.6. The summed E-state index contributed by atoms with van der Waals surface area (Å²) in [5.41, 5.74) is 0.891. The lowest BCUT2D eigenvalue weighted by atomic mass is 10.1. The highest BCUT2D eigenvalue weighted by molar-refractivity contribution is 5.94. The number of carbonyl (C=O) groups is 2. The predicted octanol–water partition coefficient (Wildman–Crippen LogP) is 1.19. The molecule has 1 aromatic carbocycles. The molecule has 1 aliphatic heterocycles. The van der Waals surface area contributed by atoms with E-state index in [1.807, 2.05) is 4.90 Å². The van der Waals surface area contributed by atoms with Crippen LogP contribution in [0.15, 0.2) is 30.9 Å². The van der Waals surface area contributed by atoms with Gasteiger partial charge in [-0.2, -0.15) is 0 Å². The minimum Gasteiger partial charge on any atom is -0.352 e. The molecule has 0 saturated carbocycles. The molecule has 0 atom stereocenters. The van der Waals surface area contributed by atoms with Gasteiger partial charge in [0.15, 0.2) is 0 Å². The second-order valence-corrected chi connectivity index (χ2v) is 5.63. The lowest BCUT2D eigenvalue weighted by Gasteiger charge is -2.34. The van der Waals surface area contributed by atoms with E-state index in [1.165, 1.54) is 6.07 Å². The van der Waals surface area contributed by atoms with Crippen molar-refractivity contribution in [1.82, 2.24) is 15.1 Å². The first-order valence-electron chi connectivity index (χ1n) is 7.66. The number of benzene rings is 1. The van der Waals surface area contributed by atoms with Gasteiger partial charge < -0.3 is 10.2 Å². The van der Waals surface area contributed by atoms with E-state index in [1.54, 1.807) is 30.0 Å². The second kappa shape index (κ2) is 7.87. The highest BCUT2D eigenvalue weighted by Gasteiger charge is 2.23.